The van der Waals surface area contributed by atoms with Crippen LogP contribution in [0.25, 0.3) is 0 Å². The van der Waals surface area contributed by atoms with Crippen molar-refractivity contribution in [1.29, 1.82) is 0 Å². The maximum Gasteiger partial charge on any atom is 0.328 e. The number of hydrogen-bond donors (Lipinski definition) is 2. The van der Waals surface area contributed by atoms with Crippen molar-refractivity contribution in [2.75, 3.05) is 18.1 Å². The molecule has 1 aliphatic heterocycles. The van der Waals surface area contributed by atoms with E-state index >= 15 is 0 Å². The molecular weight excluding hydrogens is 198 g/mol. The largest absolute Gasteiger partial charge is 0.478 e. The molecule has 1 heterocycles. The van der Waals surface area contributed by atoms with E-state index in [1.807, 2.05) is 18.7 Å². The fourth-order valence-corrected chi connectivity index (χ4v) is 2.58. The van der Waals surface area contributed by atoms with E-state index in [2.05, 4.69) is 5.32 Å². The van der Waals surface area contributed by atoms with Gasteiger partial charge in [0.1, 0.15) is 0 Å². The predicted octanol–water partition coefficient (Wildman–Crippen LogP) is 1.50. The molecule has 4 heteroatoms. The molecule has 0 aromatic carbocycles. The van der Waals surface area contributed by atoms with Crippen LogP contribution in [0.15, 0.2) is 11.6 Å². The molecule has 1 atom stereocenters. The van der Waals surface area contributed by atoms with Crippen molar-refractivity contribution >= 4 is 17.7 Å². The Morgan fingerprint density at radius 2 is 2.50 bits per heavy atom. The molecule has 0 spiro atoms. The van der Waals surface area contributed by atoms with Gasteiger partial charge in [-0.15, -0.1) is 0 Å². The van der Waals surface area contributed by atoms with Gasteiger partial charge in [-0.2, -0.15) is 11.8 Å². The molecule has 14 heavy (non-hydrogen) atoms. The Bertz CT molecular complexity index is 222. The Balaban J connectivity index is 2.21. The summed E-state index contributed by atoms with van der Waals surface area (Å²) in [6.45, 7) is 2.54. The van der Waals surface area contributed by atoms with Crippen LogP contribution in [0.1, 0.15) is 19.8 Å². The lowest BCUT2D eigenvalue weighted by Crippen LogP contribution is -2.34. The van der Waals surface area contributed by atoms with Gasteiger partial charge in [0.2, 0.25) is 0 Å². The minimum absolute atomic E-state index is 0.561. The molecule has 0 aromatic rings. The molecule has 1 saturated heterocycles. The van der Waals surface area contributed by atoms with Crippen LogP contribution < -0.4 is 5.32 Å². The molecule has 2 N–H and O–H groups in total. The van der Waals surface area contributed by atoms with Crippen LogP contribution in [0.2, 0.25) is 0 Å². The molecule has 3 nitrogen and oxygen atoms in total. The molecular formula is C10H17NO2S. The summed E-state index contributed by atoms with van der Waals surface area (Å²) in [6.07, 6.45) is 3.75. The van der Waals surface area contributed by atoms with Crippen LogP contribution in [0.3, 0.4) is 0 Å². The van der Waals surface area contributed by atoms with E-state index < -0.39 is 5.97 Å². The third-order valence-electron chi connectivity index (χ3n) is 2.20. The quantitative estimate of drug-likeness (QED) is 0.698. The molecule has 80 valence electrons. The monoisotopic (exact) mass is 215 g/mol. The zero-order valence-electron chi connectivity index (χ0n) is 8.45. The molecule has 0 aliphatic carbocycles. The summed E-state index contributed by atoms with van der Waals surface area (Å²) < 4.78 is 0. The number of carboxylic acid groups (broad SMARTS) is 1. The minimum Gasteiger partial charge on any atom is -0.478 e. The van der Waals surface area contributed by atoms with Gasteiger partial charge in [0, 0.05) is 24.4 Å². The summed E-state index contributed by atoms with van der Waals surface area (Å²) in [5.74, 6) is 1.56. The summed E-state index contributed by atoms with van der Waals surface area (Å²) in [6, 6.07) is 0.561. The third-order valence-corrected chi connectivity index (χ3v) is 3.42. The maximum atomic E-state index is 10.4. The lowest BCUT2D eigenvalue weighted by Gasteiger charge is -2.22. The Morgan fingerprint density at radius 1 is 1.71 bits per heavy atom. The fourth-order valence-electron chi connectivity index (χ4n) is 1.47. The molecule has 1 aliphatic rings. The van der Waals surface area contributed by atoms with Gasteiger partial charge in [0.05, 0.1) is 0 Å². The highest BCUT2D eigenvalue weighted by molar-refractivity contribution is 7.99. The first-order valence-corrected chi connectivity index (χ1v) is 6.05. The Labute approximate surface area is 89.0 Å². The van der Waals surface area contributed by atoms with E-state index in [1.165, 1.54) is 24.7 Å². The van der Waals surface area contributed by atoms with E-state index in [0.29, 0.717) is 12.6 Å². The SMILES string of the molecule is CC(=CC(=O)O)CNC1CCCSC1. The minimum atomic E-state index is -0.859. The Hall–Kier alpha value is -0.480. The van der Waals surface area contributed by atoms with Crippen molar-refractivity contribution in [3.63, 3.8) is 0 Å². The van der Waals surface area contributed by atoms with Crippen LogP contribution in [-0.2, 0) is 4.79 Å². The van der Waals surface area contributed by atoms with Crippen molar-refractivity contribution in [3.05, 3.63) is 11.6 Å². The first kappa shape index (κ1) is 11.6. The number of aliphatic carboxylic acids is 1. The van der Waals surface area contributed by atoms with Gasteiger partial charge in [0.25, 0.3) is 0 Å². The molecule has 1 fully saturated rings. The van der Waals surface area contributed by atoms with E-state index in [1.54, 1.807) is 0 Å². The van der Waals surface area contributed by atoms with E-state index in [9.17, 15) is 4.79 Å². The summed E-state index contributed by atoms with van der Waals surface area (Å²) in [5.41, 5.74) is 0.882. The lowest BCUT2D eigenvalue weighted by atomic mass is 10.1. The van der Waals surface area contributed by atoms with Gasteiger partial charge in [-0.1, -0.05) is 5.57 Å². The molecule has 0 amide bonds. The second-order valence-electron chi connectivity index (χ2n) is 3.62. The highest BCUT2D eigenvalue weighted by Gasteiger charge is 2.12. The second-order valence-corrected chi connectivity index (χ2v) is 4.77. The smallest absolute Gasteiger partial charge is 0.328 e. The van der Waals surface area contributed by atoms with Crippen molar-refractivity contribution in [3.8, 4) is 0 Å². The average Bonchev–Trinajstić information content (AvgIpc) is 2.15. The molecule has 1 unspecified atom stereocenters. The van der Waals surface area contributed by atoms with Crippen LogP contribution in [-0.4, -0.2) is 35.2 Å². The van der Waals surface area contributed by atoms with Crippen LogP contribution in [0.5, 0.6) is 0 Å². The zero-order valence-corrected chi connectivity index (χ0v) is 9.27. The molecule has 0 aromatic heterocycles. The number of nitrogens with one attached hydrogen (secondary N) is 1. The number of carbonyl (C=O) groups is 1. The van der Waals surface area contributed by atoms with Gasteiger partial charge >= 0.3 is 5.97 Å². The zero-order chi connectivity index (χ0) is 10.4. The van der Waals surface area contributed by atoms with E-state index in [4.69, 9.17) is 5.11 Å². The van der Waals surface area contributed by atoms with Crippen LogP contribution in [0, 0.1) is 0 Å². The van der Waals surface area contributed by atoms with Gasteiger partial charge in [-0.25, -0.2) is 4.79 Å². The van der Waals surface area contributed by atoms with Crippen molar-refractivity contribution in [2.24, 2.45) is 0 Å². The predicted molar refractivity (Wildman–Crippen MR) is 59.7 cm³/mol. The number of hydrogen-bond acceptors (Lipinski definition) is 3. The normalized spacial score (nSPS) is 23.5. The van der Waals surface area contributed by atoms with Crippen LogP contribution >= 0.6 is 11.8 Å². The van der Waals surface area contributed by atoms with Crippen LogP contribution in [0.4, 0.5) is 0 Å². The number of thioether (sulfide) groups is 1. The topological polar surface area (TPSA) is 49.3 Å². The third kappa shape index (κ3) is 4.67. The van der Waals surface area contributed by atoms with Gasteiger partial charge < -0.3 is 10.4 Å². The van der Waals surface area contributed by atoms with Gasteiger partial charge in [-0.3, -0.25) is 0 Å². The lowest BCUT2D eigenvalue weighted by molar-refractivity contribution is -0.131. The Kier molecular flexibility index (Phi) is 5.04. The summed E-state index contributed by atoms with van der Waals surface area (Å²) >= 11 is 1.97. The maximum absolute atomic E-state index is 10.4. The number of carboxylic acids is 1. The number of rotatable bonds is 4. The van der Waals surface area contributed by atoms with Crippen molar-refractivity contribution in [2.45, 2.75) is 25.8 Å². The molecule has 0 radical (unpaired) electrons. The highest BCUT2D eigenvalue weighted by atomic mass is 32.2. The van der Waals surface area contributed by atoms with E-state index in [0.717, 1.165) is 11.3 Å². The first-order valence-electron chi connectivity index (χ1n) is 4.89. The standard InChI is InChI=1S/C10H17NO2S/c1-8(5-10(12)13)6-11-9-3-2-4-14-7-9/h5,9,11H,2-4,6-7H2,1H3,(H,12,13). The average molecular weight is 215 g/mol. The molecule has 1 rings (SSSR count). The Morgan fingerprint density at radius 3 is 3.07 bits per heavy atom. The van der Waals surface area contributed by atoms with Crippen molar-refractivity contribution < 1.29 is 9.90 Å². The van der Waals surface area contributed by atoms with Gasteiger partial charge in [0.15, 0.2) is 0 Å². The summed E-state index contributed by atoms with van der Waals surface area (Å²) in [7, 11) is 0. The molecule has 0 bridgehead atoms. The van der Waals surface area contributed by atoms with Gasteiger partial charge in [-0.05, 0) is 25.5 Å². The fraction of sp³-hybridized carbons (Fsp3) is 0.700. The van der Waals surface area contributed by atoms with E-state index in [-0.39, 0.29) is 0 Å². The second kappa shape index (κ2) is 6.09. The summed E-state index contributed by atoms with van der Waals surface area (Å²) in [5, 5.41) is 11.9. The molecule has 0 saturated carbocycles. The van der Waals surface area contributed by atoms with Crippen molar-refractivity contribution in [1.82, 2.24) is 5.32 Å². The summed E-state index contributed by atoms with van der Waals surface area (Å²) in [4.78, 5) is 10.4. The highest BCUT2D eigenvalue weighted by Crippen LogP contribution is 2.16. The first-order chi connectivity index (χ1) is 6.68.